The number of piperazine rings is 1. The lowest BCUT2D eigenvalue weighted by atomic mass is 10.2. The maximum Gasteiger partial charge on any atom is 0.407 e. The molecule has 1 aliphatic rings. The van der Waals surface area contributed by atoms with Crippen molar-refractivity contribution < 1.29 is 9.90 Å². The van der Waals surface area contributed by atoms with Gasteiger partial charge in [-0.1, -0.05) is 24.3 Å². The Morgan fingerprint density at radius 3 is 2.60 bits per heavy atom. The van der Waals surface area contributed by atoms with Crippen LogP contribution >= 0.6 is 0 Å². The SMILES string of the molecule is O=C(O)N1CCN(Cc2ccc3ccccc3n2)CC1. The lowest BCUT2D eigenvalue weighted by molar-refractivity contribution is 0.102. The van der Waals surface area contributed by atoms with Crippen LogP contribution in [0.5, 0.6) is 0 Å². The van der Waals surface area contributed by atoms with E-state index in [4.69, 9.17) is 5.11 Å². The lowest BCUT2D eigenvalue weighted by Crippen LogP contribution is -2.47. The Hall–Kier alpha value is -2.14. The highest BCUT2D eigenvalue weighted by Gasteiger charge is 2.20. The summed E-state index contributed by atoms with van der Waals surface area (Å²) in [6.45, 7) is 3.45. The minimum atomic E-state index is -0.825. The van der Waals surface area contributed by atoms with E-state index in [0.717, 1.165) is 36.2 Å². The van der Waals surface area contributed by atoms with Crippen LogP contribution in [0.4, 0.5) is 4.79 Å². The maximum atomic E-state index is 10.9. The molecule has 0 aliphatic carbocycles. The number of aromatic nitrogens is 1. The van der Waals surface area contributed by atoms with E-state index in [1.54, 1.807) is 0 Å². The molecule has 2 aromatic rings. The van der Waals surface area contributed by atoms with E-state index in [9.17, 15) is 4.79 Å². The molecule has 1 amide bonds. The highest BCUT2D eigenvalue weighted by atomic mass is 16.4. The summed E-state index contributed by atoms with van der Waals surface area (Å²) >= 11 is 0. The average molecular weight is 271 g/mol. The molecule has 1 aromatic heterocycles. The van der Waals surface area contributed by atoms with Crippen LogP contribution in [0.3, 0.4) is 0 Å². The predicted octanol–water partition coefficient (Wildman–Crippen LogP) is 2.03. The van der Waals surface area contributed by atoms with E-state index in [2.05, 4.69) is 22.0 Å². The number of carboxylic acid groups (broad SMARTS) is 1. The van der Waals surface area contributed by atoms with Crippen LogP contribution in [0.15, 0.2) is 36.4 Å². The third kappa shape index (κ3) is 2.72. The van der Waals surface area contributed by atoms with Crippen molar-refractivity contribution in [1.29, 1.82) is 0 Å². The number of hydrogen-bond donors (Lipinski definition) is 1. The summed E-state index contributed by atoms with van der Waals surface area (Å²) < 4.78 is 0. The zero-order chi connectivity index (χ0) is 13.9. The van der Waals surface area contributed by atoms with E-state index >= 15 is 0 Å². The minimum Gasteiger partial charge on any atom is -0.465 e. The molecule has 0 radical (unpaired) electrons. The molecule has 0 atom stereocenters. The molecule has 104 valence electrons. The van der Waals surface area contributed by atoms with Crippen LogP contribution in [0, 0.1) is 0 Å². The fourth-order valence-corrected chi connectivity index (χ4v) is 2.52. The van der Waals surface area contributed by atoms with Crippen LogP contribution in [-0.4, -0.2) is 52.2 Å². The third-order valence-corrected chi connectivity index (χ3v) is 3.68. The first-order valence-corrected chi connectivity index (χ1v) is 6.77. The Morgan fingerprint density at radius 2 is 1.85 bits per heavy atom. The molecule has 1 saturated heterocycles. The van der Waals surface area contributed by atoms with Gasteiger partial charge in [-0.25, -0.2) is 4.79 Å². The number of carbonyl (C=O) groups is 1. The van der Waals surface area contributed by atoms with Crippen molar-refractivity contribution in [1.82, 2.24) is 14.8 Å². The van der Waals surface area contributed by atoms with Gasteiger partial charge in [0.05, 0.1) is 11.2 Å². The summed E-state index contributed by atoms with van der Waals surface area (Å²) in [4.78, 5) is 19.2. The summed E-state index contributed by atoms with van der Waals surface area (Å²) in [6.07, 6.45) is -0.825. The van der Waals surface area contributed by atoms with E-state index in [-0.39, 0.29) is 0 Å². The van der Waals surface area contributed by atoms with Gasteiger partial charge in [0.1, 0.15) is 0 Å². The summed E-state index contributed by atoms with van der Waals surface area (Å²) in [5.41, 5.74) is 2.04. The van der Waals surface area contributed by atoms with Gasteiger partial charge in [0.25, 0.3) is 0 Å². The van der Waals surface area contributed by atoms with E-state index in [0.29, 0.717) is 13.1 Å². The van der Waals surface area contributed by atoms with Crippen molar-refractivity contribution in [3.63, 3.8) is 0 Å². The van der Waals surface area contributed by atoms with Gasteiger partial charge < -0.3 is 10.0 Å². The molecule has 2 heterocycles. The molecular formula is C15H17N3O2. The van der Waals surface area contributed by atoms with Gasteiger partial charge in [-0.2, -0.15) is 0 Å². The molecule has 1 N–H and O–H groups in total. The molecule has 3 rings (SSSR count). The minimum absolute atomic E-state index is 0.572. The number of amides is 1. The first-order valence-electron chi connectivity index (χ1n) is 6.77. The van der Waals surface area contributed by atoms with E-state index in [1.165, 1.54) is 4.90 Å². The Kier molecular flexibility index (Phi) is 3.52. The zero-order valence-corrected chi connectivity index (χ0v) is 11.2. The second-order valence-corrected chi connectivity index (χ2v) is 5.04. The number of pyridine rings is 1. The lowest BCUT2D eigenvalue weighted by Gasteiger charge is -2.32. The van der Waals surface area contributed by atoms with Crippen LogP contribution in [0.1, 0.15) is 5.69 Å². The van der Waals surface area contributed by atoms with Crippen LogP contribution in [0.25, 0.3) is 10.9 Å². The van der Waals surface area contributed by atoms with Crippen LogP contribution in [-0.2, 0) is 6.54 Å². The number of para-hydroxylation sites is 1. The summed E-state index contributed by atoms with van der Waals surface area (Å²) in [5.74, 6) is 0. The third-order valence-electron chi connectivity index (χ3n) is 3.68. The number of benzene rings is 1. The van der Waals surface area contributed by atoms with Gasteiger partial charge in [0.2, 0.25) is 0 Å². The van der Waals surface area contributed by atoms with Crippen molar-refractivity contribution in [2.75, 3.05) is 26.2 Å². The van der Waals surface area contributed by atoms with Gasteiger partial charge >= 0.3 is 6.09 Å². The first kappa shape index (κ1) is 12.9. The fourth-order valence-electron chi connectivity index (χ4n) is 2.52. The zero-order valence-electron chi connectivity index (χ0n) is 11.2. The average Bonchev–Trinajstić information content (AvgIpc) is 2.48. The summed E-state index contributed by atoms with van der Waals surface area (Å²) in [6, 6.07) is 12.2. The fraction of sp³-hybridized carbons (Fsp3) is 0.333. The molecule has 1 aromatic carbocycles. The van der Waals surface area contributed by atoms with Gasteiger partial charge in [0, 0.05) is 38.1 Å². The van der Waals surface area contributed by atoms with Gasteiger partial charge in [0.15, 0.2) is 0 Å². The smallest absolute Gasteiger partial charge is 0.407 e. The van der Waals surface area contributed by atoms with Gasteiger partial charge in [-0.3, -0.25) is 9.88 Å². The van der Waals surface area contributed by atoms with Crippen molar-refractivity contribution in [3.05, 3.63) is 42.1 Å². The summed E-state index contributed by atoms with van der Waals surface area (Å²) in [5, 5.41) is 10.1. The standard InChI is InChI=1S/C15H17N3O2/c19-15(20)18-9-7-17(8-10-18)11-13-6-5-12-3-1-2-4-14(12)16-13/h1-6H,7-11H2,(H,19,20). The highest BCUT2D eigenvalue weighted by Crippen LogP contribution is 2.14. The second kappa shape index (κ2) is 5.46. The molecule has 5 nitrogen and oxygen atoms in total. The largest absolute Gasteiger partial charge is 0.465 e. The Balaban J connectivity index is 1.66. The Morgan fingerprint density at radius 1 is 1.10 bits per heavy atom. The van der Waals surface area contributed by atoms with Crippen molar-refractivity contribution in [2.24, 2.45) is 0 Å². The first-order chi connectivity index (χ1) is 9.72. The molecular weight excluding hydrogens is 254 g/mol. The van der Waals surface area contributed by atoms with Crippen molar-refractivity contribution >= 4 is 17.0 Å². The second-order valence-electron chi connectivity index (χ2n) is 5.04. The van der Waals surface area contributed by atoms with Gasteiger partial charge in [-0.15, -0.1) is 0 Å². The monoisotopic (exact) mass is 271 g/mol. The predicted molar refractivity (Wildman–Crippen MR) is 76.6 cm³/mol. The van der Waals surface area contributed by atoms with E-state index in [1.807, 2.05) is 24.3 Å². The molecule has 0 bridgehead atoms. The number of fused-ring (bicyclic) bond motifs is 1. The molecule has 0 spiro atoms. The number of nitrogens with zero attached hydrogens (tertiary/aromatic N) is 3. The van der Waals surface area contributed by atoms with E-state index < -0.39 is 6.09 Å². The molecule has 0 saturated carbocycles. The van der Waals surface area contributed by atoms with Crippen LogP contribution < -0.4 is 0 Å². The molecule has 20 heavy (non-hydrogen) atoms. The van der Waals surface area contributed by atoms with Gasteiger partial charge in [-0.05, 0) is 12.1 Å². The molecule has 1 fully saturated rings. The van der Waals surface area contributed by atoms with Crippen molar-refractivity contribution in [3.8, 4) is 0 Å². The Labute approximate surface area is 117 Å². The quantitative estimate of drug-likeness (QED) is 0.908. The highest BCUT2D eigenvalue weighted by molar-refractivity contribution is 5.78. The van der Waals surface area contributed by atoms with Crippen LogP contribution in [0.2, 0.25) is 0 Å². The number of hydrogen-bond acceptors (Lipinski definition) is 3. The summed E-state index contributed by atoms with van der Waals surface area (Å²) in [7, 11) is 0. The molecule has 0 unspecified atom stereocenters. The maximum absolute atomic E-state index is 10.9. The topological polar surface area (TPSA) is 56.7 Å². The normalized spacial score (nSPS) is 16.5. The number of rotatable bonds is 2. The Bertz CT molecular complexity index is 621. The van der Waals surface area contributed by atoms with Crippen molar-refractivity contribution in [2.45, 2.75) is 6.54 Å². The molecule has 5 heteroatoms. The molecule has 1 aliphatic heterocycles.